The Kier molecular flexibility index (Phi) is 5.33. The van der Waals surface area contributed by atoms with Crippen molar-refractivity contribution in [3.63, 3.8) is 0 Å². The van der Waals surface area contributed by atoms with Crippen LogP contribution in [0.25, 0.3) is 0 Å². The van der Waals surface area contributed by atoms with Crippen LogP contribution >= 0.6 is 0 Å². The molecule has 0 bridgehead atoms. The Morgan fingerprint density at radius 3 is 2.30 bits per heavy atom. The van der Waals surface area contributed by atoms with Gasteiger partial charge in [0.2, 0.25) is 5.95 Å². The van der Waals surface area contributed by atoms with Crippen LogP contribution in [0.15, 0.2) is 72.9 Å². The Morgan fingerprint density at radius 1 is 0.926 bits per heavy atom. The third-order valence-corrected chi connectivity index (χ3v) is 5.22. The molecule has 0 amide bonds. The van der Waals surface area contributed by atoms with E-state index in [0.717, 1.165) is 43.0 Å². The maximum Gasteiger partial charge on any atom is 0.227 e. The molecule has 2 heterocycles. The van der Waals surface area contributed by atoms with E-state index in [9.17, 15) is 0 Å². The fraction of sp³-hybridized carbons (Fsp3) is 0.304. The van der Waals surface area contributed by atoms with E-state index in [2.05, 4.69) is 76.3 Å². The lowest BCUT2D eigenvalue weighted by atomic mass is 10.00. The van der Waals surface area contributed by atoms with Crippen LogP contribution in [0.4, 0.5) is 17.5 Å². The van der Waals surface area contributed by atoms with Crippen molar-refractivity contribution in [1.29, 1.82) is 0 Å². The van der Waals surface area contributed by atoms with Crippen LogP contribution in [0.1, 0.15) is 25.3 Å². The summed E-state index contributed by atoms with van der Waals surface area (Å²) in [6.45, 7) is 5.17. The molecule has 0 aliphatic carbocycles. The van der Waals surface area contributed by atoms with Gasteiger partial charge >= 0.3 is 0 Å². The van der Waals surface area contributed by atoms with E-state index in [1.165, 1.54) is 18.4 Å². The van der Waals surface area contributed by atoms with Crippen LogP contribution in [0.2, 0.25) is 0 Å². The molecule has 0 spiro atoms. The van der Waals surface area contributed by atoms with Gasteiger partial charge in [-0.3, -0.25) is 0 Å². The first kappa shape index (κ1) is 17.5. The van der Waals surface area contributed by atoms with Gasteiger partial charge in [-0.1, -0.05) is 55.5 Å². The molecule has 4 rings (SSSR count). The van der Waals surface area contributed by atoms with E-state index >= 15 is 0 Å². The monoisotopic (exact) mass is 358 g/mol. The smallest absolute Gasteiger partial charge is 0.227 e. The first-order valence-corrected chi connectivity index (χ1v) is 9.74. The summed E-state index contributed by atoms with van der Waals surface area (Å²) in [6.07, 6.45) is 4.30. The van der Waals surface area contributed by atoms with Gasteiger partial charge in [0.05, 0.1) is 0 Å². The first-order valence-electron chi connectivity index (χ1n) is 9.74. The molecule has 1 fully saturated rings. The van der Waals surface area contributed by atoms with Gasteiger partial charge in [0.1, 0.15) is 5.82 Å². The van der Waals surface area contributed by atoms with Gasteiger partial charge in [0.25, 0.3) is 0 Å². The summed E-state index contributed by atoms with van der Waals surface area (Å²) in [5, 5.41) is 0. The summed E-state index contributed by atoms with van der Waals surface area (Å²) in [5.74, 6) is 2.57. The van der Waals surface area contributed by atoms with Crippen LogP contribution < -0.4 is 9.80 Å². The Hall–Kier alpha value is -2.88. The predicted octanol–water partition coefficient (Wildman–Crippen LogP) is 5.05. The quantitative estimate of drug-likeness (QED) is 0.639. The van der Waals surface area contributed by atoms with Gasteiger partial charge in [-0.2, -0.15) is 4.98 Å². The van der Waals surface area contributed by atoms with Gasteiger partial charge in [-0.25, -0.2) is 4.98 Å². The zero-order chi connectivity index (χ0) is 18.5. The Morgan fingerprint density at radius 2 is 1.59 bits per heavy atom. The molecule has 4 nitrogen and oxygen atoms in total. The number of rotatable bonds is 5. The SMILES string of the molecule is CC1CCN(c2nccc(N(Cc3ccccc3)c3ccccc3)n2)CC1. The van der Waals surface area contributed by atoms with Gasteiger partial charge in [-0.05, 0) is 42.5 Å². The fourth-order valence-corrected chi connectivity index (χ4v) is 3.53. The molecule has 2 aromatic carbocycles. The summed E-state index contributed by atoms with van der Waals surface area (Å²) < 4.78 is 0. The number of nitrogens with zero attached hydrogens (tertiary/aromatic N) is 4. The van der Waals surface area contributed by atoms with Gasteiger partial charge < -0.3 is 9.80 Å². The first-order chi connectivity index (χ1) is 13.3. The number of aromatic nitrogens is 2. The molecule has 0 radical (unpaired) electrons. The molecule has 0 saturated carbocycles. The molecule has 3 aromatic rings. The Balaban J connectivity index is 1.64. The van der Waals surface area contributed by atoms with E-state index in [1.807, 2.05) is 18.3 Å². The molecule has 138 valence electrons. The van der Waals surface area contributed by atoms with E-state index in [-0.39, 0.29) is 0 Å². The average molecular weight is 358 g/mol. The molecule has 1 aliphatic heterocycles. The molecule has 1 saturated heterocycles. The lowest BCUT2D eigenvalue weighted by Crippen LogP contribution is -2.34. The average Bonchev–Trinajstić information content (AvgIpc) is 2.74. The third kappa shape index (κ3) is 4.27. The third-order valence-electron chi connectivity index (χ3n) is 5.22. The van der Waals surface area contributed by atoms with Gasteiger partial charge in [-0.15, -0.1) is 0 Å². The van der Waals surface area contributed by atoms with Crippen LogP contribution in [-0.4, -0.2) is 23.1 Å². The second-order valence-electron chi connectivity index (χ2n) is 7.29. The van der Waals surface area contributed by atoms with E-state index < -0.39 is 0 Å². The summed E-state index contributed by atoms with van der Waals surface area (Å²) in [6, 6.07) is 23.0. The minimum Gasteiger partial charge on any atom is -0.341 e. The van der Waals surface area contributed by atoms with Gasteiger partial charge in [0, 0.05) is 31.5 Å². The molecule has 0 unspecified atom stereocenters. The largest absolute Gasteiger partial charge is 0.341 e. The minimum atomic E-state index is 0.776. The number of hydrogen-bond acceptors (Lipinski definition) is 4. The van der Waals surface area contributed by atoms with E-state index in [4.69, 9.17) is 4.98 Å². The van der Waals surface area contributed by atoms with Crippen LogP contribution in [0, 0.1) is 5.92 Å². The second kappa shape index (κ2) is 8.21. The van der Waals surface area contributed by atoms with Crippen molar-refractivity contribution in [2.75, 3.05) is 22.9 Å². The fourth-order valence-electron chi connectivity index (χ4n) is 3.53. The van der Waals surface area contributed by atoms with Crippen molar-refractivity contribution < 1.29 is 0 Å². The molecule has 27 heavy (non-hydrogen) atoms. The summed E-state index contributed by atoms with van der Waals surface area (Å²) >= 11 is 0. The molecular formula is C23H26N4. The molecule has 1 aromatic heterocycles. The van der Waals surface area contributed by atoms with Crippen molar-refractivity contribution in [3.8, 4) is 0 Å². The Labute approximate surface area is 161 Å². The lowest BCUT2D eigenvalue weighted by molar-refractivity contribution is 0.434. The summed E-state index contributed by atoms with van der Waals surface area (Å²) in [4.78, 5) is 14.1. The number of anilines is 3. The highest BCUT2D eigenvalue weighted by molar-refractivity contribution is 5.61. The molecule has 0 N–H and O–H groups in total. The van der Waals surface area contributed by atoms with Crippen molar-refractivity contribution in [2.24, 2.45) is 5.92 Å². The van der Waals surface area contributed by atoms with Crippen molar-refractivity contribution >= 4 is 17.5 Å². The highest BCUT2D eigenvalue weighted by Gasteiger charge is 2.19. The van der Waals surface area contributed by atoms with Crippen LogP contribution in [0.3, 0.4) is 0 Å². The molecule has 4 heteroatoms. The molecular weight excluding hydrogens is 332 g/mol. The summed E-state index contributed by atoms with van der Waals surface area (Å²) in [5.41, 5.74) is 2.39. The van der Waals surface area contributed by atoms with E-state index in [1.54, 1.807) is 0 Å². The van der Waals surface area contributed by atoms with Crippen molar-refractivity contribution in [3.05, 3.63) is 78.5 Å². The maximum absolute atomic E-state index is 4.94. The number of benzene rings is 2. The zero-order valence-corrected chi connectivity index (χ0v) is 15.8. The summed E-state index contributed by atoms with van der Waals surface area (Å²) in [7, 11) is 0. The molecule has 1 aliphatic rings. The lowest BCUT2D eigenvalue weighted by Gasteiger charge is -2.31. The standard InChI is InChI=1S/C23H26N4/c1-19-13-16-26(17-14-19)23-24-15-12-22(25-23)27(21-10-6-3-7-11-21)18-20-8-4-2-5-9-20/h2-12,15,19H,13-14,16-18H2,1H3. The Bertz CT molecular complexity index is 843. The van der Waals surface area contributed by atoms with Gasteiger partial charge in [0.15, 0.2) is 0 Å². The molecule has 0 atom stereocenters. The van der Waals surface area contributed by atoms with E-state index in [0.29, 0.717) is 0 Å². The number of piperidine rings is 1. The number of para-hydroxylation sites is 1. The highest BCUT2D eigenvalue weighted by atomic mass is 15.3. The second-order valence-corrected chi connectivity index (χ2v) is 7.29. The predicted molar refractivity (Wildman–Crippen MR) is 111 cm³/mol. The van der Waals surface area contributed by atoms with Crippen LogP contribution in [-0.2, 0) is 6.54 Å². The highest BCUT2D eigenvalue weighted by Crippen LogP contribution is 2.28. The van der Waals surface area contributed by atoms with Crippen LogP contribution in [0.5, 0.6) is 0 Å². The van der Waals surface area contributed by atoms with Crippen molar-refractivity contribution in [2.45, 2.75) is 26.3 Å². The normalized spacial score (nSPS) is 14.9. The van der Waals surface area contributed by atoms with Crippen molar-refractivity contribution in [1.82, 2.24) is 9.97 Å². The topological polar surface area (TPSA) is 32.3 Å². The number of hydrogen-bond donors (Lipinski definition) is 0. The minimum absolute atomic E-state index is 0.776. The maximum atomic E-state index is 4.94. The zero-order valence-electron chi connectivity index (χ0n) is 15.8.